The molecule has 1 saturated heterocycles. The summed E-state index contributed by atoms with van der Waals surface area (Å²) < 4.78 is 5.49. The molecule has 1 fully saturated rings. The lowest BCUT2D eigenvalue weighted by atomic mass is 10.1. The second-order valence-electron chi connectivity index (χ2n) is 7.00. The maximum atomic E-state index is 5.61. The van der Waals surface area contributed by atoms with E-state index in [0.29, 0.717) is 5.11 Å². The predicted octanol–water partition coefficient (Wildman–Crippen LogP) is 2.25. The van der Waals surface area contributed by atoms with Crippen LogP contribution in [0.3, 0.4) is 0 Å². The Labute approximate surface area is 161 Å². The Bertz CT molecular complexity index is 709. The van der Waals surface area contributed by atoms with Crippen molar-refractivity contribution in [3.8, 4) is 0 Å². The van der Waals surface area contributed by atoms with Crippen LogP contribution in [0.4, 0.5) is 5.69 Å². The van der Waals surface area contributed by atoms with Crippen molar-refractivity contribution in [2.24, 2.45) is 0 Å². The van der Waals surface area contributed by atoms with Gasteiger partial charge in [-0.1, -0.05) is 36.4 Å². The monoisotopic (exact) mass is 370 g/mol. The summed E-state index contributed by atoms with van der Waals surface area (Å²) in [4.78, 5) is 1.55. The van der Waals surface area contributed by atoms with Gasteiger partial charge in [0.2, 0.25) is 0 Å². The molecule has 3 rings (SSSR count). The maximum Gasteiger partial charge on any atom is 0.171 e. The summed E-state index contributed by atoms with van der Waals surface area (Å²) in [5.41, 5.74) is 4.75. The Hall–Kier alpha value is -1.95. The molecule has 4 nitrogen and oxygen atoms in total. The normalized spacial score (nSPS) is 16.1. The minimum atomic E-state index is 0.176. The predicted molar refractivity (Wildman–Crippen MR) is 111 cm³/mol. The minimum Gasteiger partial charge on any atom is -0.370 e. The van der Waals surface area contributed by atoms with Gasteiger partial charge in [0.05, 0.1) is 13.2 Å². The van der Waals surface area contributed by atoms with Crippen LogP contribution in [-0.4, -0.2) is 38.0 Å². The number of quaternary nitrogens is 1. The molecule has 5 heteroatoms. The van der Waals surface area contributed by atoms with Crippen LogP contribution >= 0.6 is 12.2 Å². The van der Waals surface area contributed by atoms with E-state index in [-0.39, 0.29) is 6.04 Å². The van der Waals surface area contributed by atoms with Crippen LogP contribution < -0.4 is 15.5 Å². The van der Waals surface area contributed by atoms with Crippen LogP contribution in [-0.2, 0) is 4.74 Å². The van der Waals surface area contributed by atoms with E-state index >= 15 is 0 Å². The Morgan fingerprint density at radius 1 is 1.08 bits per heavy atom. The van der Waals surface area contributed by atoms with Crippen molar-refractivity contribution in [3.63, 3.8) is 0 Å². The van der Waals surface area contributed by atoms with Gasteiger partial charge < -0.3 is 20.3 Å². The first kappa shape index (κ1) is 18.8. The lowest BCUT2D eigenvalue weighted by Crippen LogP contribution is -3.14. The van der Waals surface area contributed by atoms with E-state index in [0.717, 1.165) is 38.5 Å². The number of benzene rings is 2. The summed E-state index contributed by atoms with van der Waals surface area (Å²) >= 11 is 5.61. The smallest absolute Gasteiger partial charge is 0.171 e. The molecule has 0 aromatic heterocycles. The van der Waals surface area contributed by atoms with Crippen LogP contribution in [0.15, 0.2) is 48.5 Å². The SMILES string of the molecule is Cc1cc(C)cc(NC(=S)N[C@@H](C[NH+]2CCOCC2)c2ccccc2)c1. The van der Waals surface area contributed by atoms with E-state index < -0.39 is 0 Å². The fourth-order valence-electron chi connectivity index (χ4n) is 3.46. The van der Waals surface area contributed by atoms with E-state index in [1.807, 2.05) is 6.07 Å². The first-order chi connectivity index (χ1) is 12.6. The highest BCUT2D eigenvalue weighted by molar-refractivity contribution is 7.80. The zero-order valence-electron chi connectivity index (χ0n) is 15.5. The zero-order valence-corrected chi connectivity index (χ0v) is 16.4. The number of morpholine rings is 1. The quantitative estimate of drug-likeness (QED) is 0.706. The summed E-state index contributed by atoms with van der Waals surface area (Å²) in [7, 11) is 0. The van der Waals surface area contributed by atoms with Gasteiger partial charge in [-0.05, 0) is 54.9 Å². The highest BCUT2D eigenvalue weighted by Gasteiger charge is 2.22. The van der Waals surface area contributed by atoms with Crippen LogP contribution in [0.5, 0.6) is 0 Å². The number of anilines is 1. The maximum absolute atomic E-state index is 5.61. The van der Waals surface area contributed by atoms with Gasteiger partial charge in [0.1, 0.15) is 25.7 Å². The van der Waals surface area contributed by atoms with Crippen LogP contribution in [0.1, 0.15) is 22.7 Å². The number of hydrogen-bond donors (Lipinski definition) is 3. The van der Waals surface area contributed by atoms with Crippen molar-refractivity contribution in [3.05, 3.63) is 65.2 Å². The Morgan fingerprint density at radius 3 is 2.38 bits per heavy atom. The van der Waals surface area contributed by atoms with Crippen molar-refractivity contribution in [1.82, 2.24) is 5.32 Å². The van der Waals surface area contributed by atoms with Crippen molar-refractivity contribution in [2.75, 3.05) is 38.2 Å². The van der Waals surface area contributed by atoms with E-state index in [9.17, 15) is 0 Å². The molecule has 1 atom stereocenters. The summed E-state index contributed by atoms with van der Waals surface area (Å²) in [6.45, 7) is 8.95. The van der Waals surface area contributed by atoms with E-state index in [1.54, 1.807) is 4.90 Å². The summed E-state index contributed by atoms with van der Waals surface area (Å²) in [5, 5.41) is 7.54. The molecular weight excluding hydrogens is 342 g/mol. The van der Waals surface area contributed by atoms with Crippen molar-refractivity contribution in [1.29, 1.82) is 0 Å². The van der Waals surface area contributed by atoms with Gasteiger partial charge in [0.15, 0.2) is 5.11 Å². The number of thiocarbonyl (C=S) groups is 1. The van der Waals surface area contributed by atoms with Crippen molar-refractivity contribution < 1.29 is 9.64 Å². The van der Waals surface area contributed by atoms with Gasteiger partial charge in [-0.2, -0.15) is 0 Å². The van der Waals surface area contributed by atoms with Gasteiger partial charge in [-0.3, -0.25) is 0 Å². The van der Waals surface area contributed by atoms with E-state index in [1.165, 1.54) is 16.7 Å². The molecule has 26 heavy (non-hydrogen) atoms. The molecule has 1 aliphatic heterocycles. The van der Waals surface area contributed by atoms with Gasteiger partial charge >= 0.3 is 0 Å². The lowest BCUT2D eigenvalue weighted by molar-refractivity contribution is -0.909. The second kappa shape index (κ2) is 9.12. The molecule has 3 N–H and O–H groups in total. The highest BCUT2D eigenvalue weighted by Crippen LogP contribution is 2.15. The topological polar surface area (TPSA) is 37.7 Å². The lowest BCUT2D eigenvalue weighted by Gasteiger charge is -2.29. The molecule has 0 spiro atoms. The molecule has 0 unspecified atom stereocenters. The third-order valence-electron chi connectivity index (χ3n) is 4.68. The molecule has 1 aliphatic rings. The minimum absolute atomic E-state index is 0.176. The fraction of sp³-hybridized carbons (Fsp3) is 0.381. The molecule has 0 aliphatic carbocycles. The number of rotatable bonds is 5. The summed E-state index contributed by atoms with van der Waals surface area (Å²) in [6, 6.07) is 17.1. The molecule has 2 aromatic carbocycles. The zero-order chi connectivity index (χ0) is 18.4. The fourth-order valence-corrected chi connectivity index (χ4v) is 3.72. The van der Waals surface area contributed by atoms with Crippen molar-refractivity contribution >= 4 is 23.0 Å². The van der Waals surface area contributed by atoms with Gasteiger partial charge in [0, 0.05) is 5.69 Å². The Balaban J connectivity index is 1.68. The number of ether oxygens (including phenoxy) is 1. The number of aryl methyl sites for hydroxylation is 2. The highest BCUT2D eigenvalue weighted by atomic mass is 32.1. The van der Waals surface area contributed by atoms with Crippen LogP contribution in [0.2, 0.25) is 0 Å². The number of nitrogens with one attached hydrogen (secondary N) is 3. The van der Waals surface area contributed by atoms with E-state index in [2.05, 4.69) is 66.9 Å². The average Bonchev–Trinajstić information content (AvgIpc) is 2.62. The molecule has 2 aromatic rings. The van der Waals surface area contributed by atoms with E-state index in [4.69, 9.17) is 17.0 Å². The molecular formula is C21H28N3OS+. The molecule has 0 amide bonds. The largest absolute Gasteiger partial charge is 0.370 e. The average molecular weight is 371 g/mol. The first-order valence-corrected chi connectivity index (χ1v) is 9.63. The molecule has 0 bridgehead atoms. The first-order valence-electron chi connectivity index (χ1n) is 9.22. The molecule has 1 heterocycles. The summed E-state index contributed by atoms with van der Waals surface area (Å²) in [6.07, 6.45) is 0. The van der Waals surface area contributed by atoms with Crippen LogP contribution in [0, 0.1) is 13.8 Å². The molecule has 0 saturated carbocycles. The third kappa shape index (κ3) is 5.53. The Kier molecular flexibility index (Phi) is 6.61. The van der Waals surface area contributed by atoms with Crippen molar-refractivity contribution in [2.45, 2.75) is 19.9 Å². The van der Waals surface area contributed by atoms with Gasteiger partial charge in [-0.15, -0.1) is 0 Å². The second-order valence-corrected chi connectivity index (χ2v) is 7.41. The molecule has 138 valence electrons. The van der Waals surface area contributed by atoms with Gasteiger partial charge in [-0.25, -0.2) is 0 Å². The third-order valence-corrected chi connectivity index (χ3v) is 4.90. The number of hydrogen-bond acceptors (Lipinski definition) is 2. The summed E-state index contributed by atoms with van der Waals surface area (Å²) in [5.74, 6) is 0. The standard InChI is InChI=1S/C21H27N3OS/c1-16-12-17(2)14-19(13-16)22-21(26)23-20(18-6-4-3-5-7-18)15-24-8-10-25-11-9-24/h3-7,12-14,20H,8-11,15H2,1-2H3,(H2,22,23,26)/p+1/t20-/m0/s1. The van der Waals surface area contributed by atoms with Gasteiger partial charge in [0.25, 0.3) is 0 Å². The Morgan fingerprint density at radius 2 is 1.73 bits per heavy atom. The van der Waals surface area contributed by atoms with Crippen LogP contribution in [0.25, 0.3) is 0 Å². The molecule has 0 radical (unpaired) electrons.